The van der Waals surface area contributed by atoms with Crippen molar-refractivity contribution in [2.75, 3.05) is 17.9 Å². The molecule has 2 atom stereocenters. The minimum absolute atomic E-state index is 0.0119. The first-order chi connectivity index (χ1) is 14.0. The predicted molar refractivity (Wildman–Crippen MR) is 118 cm³/mol. The van der Waals surface area contributed by atoms with Gasteiger partial charge in [0, 0.05) is 11.4 Å². The van der Waals surface area contributed by atoms with Crippen LogP contribution in [-0.2, 0) is 4.79 Å². The number of thioether (sulfide) groups is 1. The quantitative estimate of drug-likeness (QED) is 0.651. The standard InChI is InChI=1S/C23H25N3O2S/c1-14-6-5-7-19(16(14)3)24-23(27)22-21(17-9-11-18(28-4)12-10-17)25-26-15(2)8-13-20(26)29-22/h5-13,21-22,25H,1-4H3,(H,24,27)/t21-,22-/m0/s1. The lowest BCUT2D eigenvalue weighted by atomic mass is 10.0. The molecule has 150 valence electrons. The number of rotatable bonds is 4. The number of aromatic nitrogens is 1. The van der Waals surface area contributed by atoms with Crippen LogP contribution in [0.4, 0.5) is 5.69 Å². The Kier molecular flexibility index (Phi) is 5.28. The van der Waals surface area contributed by atoms with Gasteiger partial charge in [0.1, 0.15) is 11.0 Å². The van der Waals surface area contributed by atoms with Crippen molar-refractivity contribution in [1.29, 1.82) is 0 Å². The summed E-state index contributed by atoms with van der Waals surface area (Å²) in [5.74, 6) is 0.786. The third-order valence-electron chi connectivity index (χ3n) is 5.45. The van der Waals surface area contributed by atoms with E-state index in [1.807, 2.05) is 43.3 Å². The van der Waals surface area contributed by atoms with Gasteiger partial charge in [-0.15, -0.1) is 0 Å². The third kappa shape index (κ3) is 3.72. The second kappa shape index (κ2) is 7.87. The van der Waals surface area contributed by atoms with Gasteiger partial charge in [-0.1, -0.05) is 36.0 Å². The van der Waals surface area contributed by atoms with Gasteiger partial charge < -0.3 is 15.5 Å². The molecule has 1 aliphatic rings. The monoisotopic (exact) mass is 407 g/mol. The Morgan fingerprint density at radius 3 is 2.55 bits per heavy atom. The number of hydrogen-bond donors (Lipinski definition) is 2. The summed E-state index contributed by atoms with van der Waals surface area (Å²) in [5, 5.41) is 3.87. The molecule has 1 amide bonds. The molecule has 3 aromatic rings. The van der Waals surface area contributed by atoms with Crippen molar-refractivity contribution >= 4 is 23.4 Å². The first kappa shape index (κ1) is 19.5. The van der Waals surface area contributed by atoms with Crippen LogP contribution < -0.4 is 15.5 Å². The fourth-order valence-corrected chi connectivity index (χ4v) is 4.76. The van der Waals surface area contributed by atoms with Gasteiger partial charge in [-0.25, -0.2) is 0 Å². The van der Waals surface area contributed by atoms with Crippen LogP contribution in [-0.4, -0.2) is 22.9 Å². The van der Waals surface area contributed by atoms with Crippen LogP contribution in [0.3, 0.4) is 0 Å². The molecule has 5 nitrogen and oxygen atoms in total. The van der Waals surface area contributed by atoms with E-state index in [0.29, 0.717) is 0 Å². The summed E-state index contributed by atoms with van der Waals surface area (Å²) in [4.78, 5) is 13.3. The number of benzene rings is 2. The number of nitrogens with one attached hydrogen (secondary N) is 2. The molecule has 0 bridgehead atoms. The largest absolute Gasteiger partial charge is 0.497 e. The normalized spacial score (nSPS) is 17.9. The molecule has 4 rings (SSSR count). The first-order valence-corrected chi connectivity index (χ1v) is 10.5. The van der Waals surface area contributed by atoms with Gasteiger partial charge in [0.2, 0.25) is 5.91 Å². The number of nitrogens with zero attached hydrogens (tertiary/aromatic N) is 1. The molecule has 0 fully saturated rings. The zero-order valence-corrected chi connectivity index (χ0v) is 17.8. The van der Waals surface area contributed by atoms with Gasteiger partial charge in [0.15, 0.2) is 0 Å². The van der Waals surface area contributed by atoms with E-state index in [1.165, 1.54) is 0 Å². The van der Waals surface area contributed by atoms with Gasteiger partial charge in [0.05, 0.1) is 18.2 Å². The smallest absolute Gasteiger partial charge is 0.240 e. The Hall–Kier alpha value is -2.86. The summed E-state index contributed by atoms with van der Waals surface area (Å²) in [7, 11) is 1.65. The number of amides is 1. The molecule has 0 radical (unpaired) electrons. The Bertz CT molecular complexity index is 1040. The van der Waals surface area contributed by atoms with Gasteiger partial charge in [-0.05, 0) is 67.8 Å². The summed E-state index contributed by atoms with van der Waals surface area (Å²) in [6.45, 7) is 6.14. The highest BCUT2D eigenvalue weighted by atomic mass is 32.2. The van der Waals surface area contributed by atoms with Gasteiger partial charge in [0.25, 0.3) is 0 Å². The topological polar surface area (TPSA) is 55.3 Å². The summed E-state index contributed by atoms with van der Waals surface area (Å²) in [5.41, 5.74) is 8.80. The van der Waals surface area contributed by atoms with Crippen molar-refractivity contribution in [2.24, 2.45) is 0 Å². The average Bonchev–Trinajstić information content (AvgIpc) is 3.10. The molecule has 1 aromatic heterocycles. The summed E-state index contributed by atoms with van der Waals surface area (Å²) < 4.78 is 7.34. The van der Waals surface area contributed by atoms with Crippen molar-refractivity contribution in [1.82, 2.24) is 4.68 Å². The highest BCUT2D eigenvalue weighted by Crippen LogP contribution is 2.39. The van der Waals surface area contributed by atoms with E-state index in [4.69, 9.17) is 4.74 Å². The Morgan fingerprint density at radius 1 is 1.07 bits per heavy atom. The number of carbonyl (C=O) groups is 1. The van der Waals surface area contributed by atoms with Crippen LogP contribution in [0, 0.1) is 20.8 Å². The van der Waals surface area contributed by atoms with E-state index in [2.05, 4.69) is 47.5 Å². The zero-order chi connectivity index (χ0) is 20.5. The molecule has 2 heterocycles. The molecular weight excluding hydrogens is 382 g/mol. The highest BCUT2D eigenvalue weighted by molar-refractivity contribution is 8.00. The van der Waals surface area contributed by atoms with Crippen LogP contribution in [0.2, 0.25) is 0 Å². The lowest BCUT2D eigenvalue weighted by Crippen LogP contribution is -2.41. The number of methoxy groups -OCH3 is 1. The SMILES string of the molecule is COc1ccc([C@@H]2Nn3c(C)ccc3S[C@@H]2C(=O)Nc2cccc(C)c2C)cc1. The fraction of sp³-hybridized carbons (Fsp3) is 0.261. The lowest BCUT2D eigenvalue weighted by Gasteiger charge is -2.34. The molecular formula is C23H25N3O2S. The molecule has 0 unspecified atom stereocenters. The molecule has 0 saturated heterocycles. The van der Waals surface area contributed by atoms with E-state index in [1.54, 1.807) is 18.9 Å². The number of fused-ring (bicyclic) bond motifs is 1. The van der Waals surface area contributed by atoms with Crippen LogP contribution in [0.5, 0.6) is 5.75 Å². The van der Waals surface area contributed by atoms with Crippen LogP contribution in [0.15, 0.2) is 59.6 Å². The van der Waals surface area contributed by atoms with E-state index in [-0.39, 0.29) is 17.2 Å². The van der Waals surface area contributed by atoms with Crippen molar-refractivity contribution in [3.05, 3.63) is 77.0 Å². The number of aryl methyl sites for hydroxylation is 2. The Morgan fingerprint density at radius 2 is 1.83 bits per heavy atom. The Labute approximate surface area is 175 Å². The first-order valence-electron chi connectivity index (χ1n) is 9.60. The van der Waals surface area contributed by atoms with Crippen molar-refractivity contribution in [3.63, 3.8) is 0 Å². The molecule has 0 spiro atoms. The second-order valence-corrected chi connectivity index (χ2v) is 8.47. The zero-order valence-electron chi connectivity index (χ0n) is 17.0. The number of anilines is 1. The van der Waals surface area contributed by atoms with Crippen molar-refractivity contribution < 1.29 is 9.53 Å². The second-order valence-electron chi connectivity index (χ2n) is 7.30. The van der Waals surface area contributed by atoms with Gasteiger partial charge in [-0.2, -0.15) is 0 Å². The van der Waals surface area contributed by atoms with Crippen molar-refractivity contribution in [2.45, 2.75) is 37.1 Å². The van der Waals surface area contributed by atoms with Crippen LogP contribution >= 0.6 is 11.8 Å². The minimum Gasteiger partial charge on any atom is -0.497 e. The maximum atomic E-state index is 13.3. The van der Waals surface area contributed by atoms with Gasteiger partial charge in [-0.3, -0.25) is 9.47 Å². The van der Waals surface area contributed by atoms with Crippen LogP contribution in [0.25, 0.3) is 0 Å². The van der Waals surface area contributed by atoms with Crippen molar-refractivity contribution in [3.8, 4) is 5.75 Å². The third-order valence-corrected chi connectivity index (χ3v) is 6.76. The minimum atomic E-state index is -0.315. The summed E-state index contributed by atoms with van der Waals surface area (Å²) >= 11 is 1.59. The molecule has 29 heavy (non-hydrogen) atoms. The average molecular weight is 408 g/mol. The Balaban J connectivity index is 1.67. The highest BCUT2D eigenvalue weighted by Gasteiger charge is 2.36. The molecule has 0 aliphatic carbocycles. The van der Waals surface area contributed by atoms with Gasteiger partial charge >= 0.3 is 0 Å². The van der Waals surface area contributed by atoms with E-state index in [0.717, 1.165) is 38.8 Å². The maximum Gasteiger partial charge on any atom is 0.240 e. The fourth-order valence-electron chi connectivity index (χ4n) is 3.53. The summed E-state index contributed by atoms with van der Waals surface area (Å²) in [6, 6.07) is 17.8. The molecule has 1 aliphatic heterocycles. The predicted octanol–water partition coefficient (Wildman–Crippen LogP) is 4.82. The lowest BCUT2D eigenvalue weighted by molar-refractivity contribution is -0.116. The van der Waals surface area contributed by atoms with E-state index in [9.17, 15) is 4.79 Å². The number of carbonyl (C=O) groups excluding carboxylic acids is 1. The number of hydrogen-bond acceptors (Lipinski definition) is 4. The molecule has 6 heteroatoms. The number of ether oxygens (including phenoxy) is 1. The molecule has 2 N–H and O–H groups in total. The summed E-state index contributed by atoms with van der Waals surface area (Å²) in [6.07, 6.45) is 0. The molecule has 2 aromatic carbocycles. The molecule has 0 saturated carbocycles. The van der Waals surface area contributed by atoms with Crippen LogP contribution in [0.1, 0.15) is 28.4 Å². The van der Waals surface area contributed by atoms with E-state index >= 15 is 0 Å². The van der Waals surface area contributed by atoms with E-state index < -0.39 is 0 Å². The maximum absolute atomic E-state index is 13.3.